The number of hydrogen-bond acceptors (Lipinski definition) is 2. The first-order valence-electron chi connectivity index (χ1n) is 5.96. The van der Waals surface area contributed by atoms with Crippen molar-refractivity contribution in [2.45, 2.75) is 46.5 Å². The van der Waals surface area contributed by atoms with E-state index in [1.807, 2.05) is 19.1 Å². The number of aryl methyl sites for hydroxylation is 1. The van der Waals surface area contributed by atoms with Crippen molar-refractivity contribution >= 4 is 11.5 Å². The zero-order valence-electron chi connectivity index (χ0n) is 10.5. The van der Waals surface area contributed by atoms with E-state index in [1.54, 1.807) is 6.92 Å². The van der Waals surface area contributed by atoms with Gasteiger partial charge in [-0.05, 0) is 43.9 Å². The Labute approximate surface area is 97.9 Å². The van der Waals surface area contributed by atoms with Crippen LogP contribution in [0.4, 0.5) is 5.69 Å². The summed E-state index contributed by atoms with van der Waals surface area (Å²) in [5, 5.41) is 0. The fraction of sp³-hybridized carbons (Fsp3) is 0.500. The molecule has 2 heteroatoms. The van der Waals surface area contributed by atoms with Crippen molar-refractivity contribution in [3.63, 3.8) is 0 Å². The van der Waals surface area contributed by atoms with E-state index < -0.39 is 0 Å². The van der Waals surface area contributed by atoms with Crippen molar-refractivity contribution in [3.8, 4) is 0 Å². The summed E-state index contributed by atoms with van der Waals surface area (Å²) in [6, 6.07) is 3.83. The maximum Gasteiger partial charge on any atom is 0.162 e. The Morgan fingerprint density at radius 1 is 1.31 bits per heavy atom. The van der Waals surface area contributed by atoms with Crippen LogP contribution >= 0.6 is 0 Å². The molecule has 0 unspecified atom stereocenters. The van der Waals surface area contributed by atoms with E-state index in [0.29, 0.717) is 5.69 Å². The molecule has 0 heterocycles. The molecule has 0 bridgehead atoms. The Balaban J connectivity index is 3.03. The number of ketones is 1. The molecule has 0 aliphatic heterocycles. The minimum absolute atomic E-state index is 0.0766. The van der Waals surface area contributed by atoms with E-state index in [1.165, 1.54) is 18.4 Å². The predicted molar refractivity (Wildman–Crippen MR) is 68.8 cm³/mol. The number of rotatable bonds is 5. The third-order valence-corrected chi connectivity index (χ3v) is 2.96. The summed E-state index contributed by atoms with van der Waals surface area (Å²) >= 11 is 0. The van der Waals surface area contributed by atoms with Crippen molar-refractivity contribution in [1.82, 2.24) is 0 Å². The second kappa shape index (κ2) is 5.69. The van der Waals surface area contributed by atoms with E-state index >= 15 is 0 Å². The maximum absolute atomic E-state index is 11.6. The molecule has 0 atom stereocenters. The first kappa shape index (κ1) is 12.8. The molecule has 88 valence electrons. The van der Waals surface area contributed by atoms with Crippen molar-refractivity contribution in [3.05, 3.63) is 28.8 Å². The summed E-state index contributed by atoms with van der Waals surface area (Å²) in [5.41, 5.74) is 9.54. The normalized spacial score (nSPS) is 10.4. The molecule has 0 amide bonds. The topological polar surface area (TPSA) is 43.1 Å². The van der Waals surface area contributed by atoms with Crippen molar-refractivity contribution in [1.29, 1.82) is 0 Å². The molecule has 0 aliphatic rings. The largest absolute Gasteiger partial charge is 0.398 e. The third-order valence-electron chi connectivity index (χ3n) is 2.96. The lowest BCUT2D eigenvalue weighted by Crippen LogP contribution is -2.07. The Morgan fingerprint density at radius 2 is 2.00 bits per heavy atom. The van der Waals surface area contributed by atoms with Crippen LogP contribution in [0.3, 0.4) is 0 Å². The SMILES string of the molecule is CCCCCc1c(C)ccc(N)c1C(C)=O. The van der Waals surface area contributed by atoms with E-state index in [-0.39, 0.29) is 5.78 Å². The molecule has 0 saturated carbocycles. The van der Waals surface area contributed by atoms with Gasteiger partial charge in [0.2, 0.25) is 0 Å². The molecular weight excluding hydrogens is 198 g/mol. The van der Waals surface area contributed by atoms with Gasteiger partial charge in [0.15, 0.2) is 5.78 Å². The second-order valence-corrected chi connectivity index (χ2v) is 4.34. The van der Waals surface area contributed by atoms with E-state index in [4.69, 9.17) is 5.73 Å². The highest BCUT2D eigenvalue weighted by atomic mass is 16.1. The van der Waals surface area contributed by atoms with Crippen molar-refractivity contribution < 1.29 is 4.79 Å². The van der Waals surface area contributed by atoms with Crippen LogP contribution in [0, 0.1) is 6.92 Å². The van der Waals surface area contributed by atoms with Crippen LogP contribution in [0.1, 0.15) is 54.6 Å². The third kappa shape index (κ3) is 2.84. The zero-order valence-corrected chi connectivity index (χ0v) is 10.5. The van der Waals surface area contributed by atoms with Crippen LogP contribution in [0.25, 0.3) is 0 Å². The Hall–Kier alpha value is -1.31. The quantitative estimate of drug-likeness (QED) is 0.468. The van der Waals surface area contributed by atoms with Gasteiger partial charge in [0, 0.05) is 11.3 Å². The summed E-state index contributed by atoms with van der Waals surface area (Å²) in [6.07, 6.45) is 4.48. The lowest BCUT2D eigenvalue weighted by atomic mass is 9.93. The minimum atomic E-state index is 0.0766. The second-order valence-electron chi connectivity index (χ2n) is 4.34. The van der Waals surface area contributed by atoms with Crippen LogP contribution in [-0.2, 0) is 6.42 Å². The number of hydrogen-bond donors (Lipinski definition) is 1. The first-order valence-corrected chi connectivity index (χ1v) is 5.96. The van der Waals surface area contributed by atoms with Gasteiger partial charge < -0.3 is 5.73 Å². The average Bonchev–Trinajstić information content (AvgIpc) is 2.23. The fourth-order valence-corrected chi connectivity index (χ4v) is 2.06. The highest BCUT2D eigenvalue weighted by molar-refractivity contribution is 6.00. The molecule has 1 aromatic carbocycles. The van der Waals surface area contributed by atoms with Gasteiger partial charge >= 0.3 is 0 Å². The molecule has 0 aliphatic carbocycles. The molecular formula is C14H21NO. The number of Topliss-reactive ketones (excluding diaryl/α,β-unsaturated/α-hetero) is 1. The van der Waals surface area contributed by atoms with Gasteiger partial charge in [0.1, 0.15) is 0 Å². The number of nitrogens with two attached hydrogens (primary N) is 1. The summed E-state index contributed by atoms with van der Waals surface area (Å²) in [4.78, 5) is 11.6. The highest BCUT2D eigenvalue weighted by Gasteiger charge is 2.12. The van der Waals surface area contributed by atoms with Crippen LogP contribution in [0.2, 0.25) is 0 Å². The molecule has 0 spiro atoms. The zero-order chi connectivity index (χ0) is 12.1. The van der Waals surface area contributed by atoms with Crippen molar-refractivity contribution in [2.24, 2.45) is 0 Å². The molecule has 16 heavy (non-hydrogen) atoms. The number of anilines is 1. The minimum Gasteiger partial charge on any atom is -0.398 e. The number of carbonyl (C=O) groups excluding carboxylic acids is 1. The van der Waals surface area contributed by atoms with E-state index in [9.17, 15) is 4.79 Å². The molecule has 0 radical (unpaired) electrons. The Bertz CT molecular complexity index is 383. The van der Waals surface area contributed by atoms with E-state index in [2.05, 4.69) is 6.92 Å². The first-order chi connectivity index (χ1) is 7.57. The van der Waals surface area contributed by atoms with Crippen LogP contribution in [0.15, 0.2) is 12.1 Å². The lowest BCUT2D eigenvalue weighted by molar-refractivity contribution is 0.101. The monoisotopic (exact) mass is 219 g/mol. The summed E-state index contributed by atoms with van der Waals surface area (Å²) in [5.74, 6) is 0.0766. The molecule has 0 saturated heterocycles. The summed E-state index contributed by atoms with van der Waals surface area (Å²) < 4.78 is 0. The van der Waals surface area contributed by atoms with Gasteiger partial charge in [-0.1, -0.05) is 25.8 Å². The Morgan fingerprint density at radius 3 is 2.56 bits per heavy atom. The molecule has 0 fully saturated rings. The Kier molecular flexibility index (Phi) is 4.53. The van der Waals surface area contributed by atoms with Crippen LogP contribution < -0.4 is 5.73 Å². The molecule has 1 rings (SSSR count). The highest BCUT2D eigenvalue weighted by Crippen LogP contribution is 2.23. The predicted octanol–water partition coefficient (Wildman–Crippen LogP) is 3.51. The van der Waals surface area contributed by atoms with Crippen molar-refractivity contribution in [2.75, 3.05) is 5.73 Å². The molecule has 1 aromatic rings. The molecule has 2 N–H and O–H groups in total. The van der Waals surface area contributed by atoms with Gasteiger partial charge in [0.05, 0.1) is 0 Å². The number of carbonyl (C=O) groups is 1. The van der Waals surface area contributed by atoms with Gasteiger partial charge in [-0.3, -0.25) is 4.79 Å². The number of nitrogen functional groups attached to an aromatic ring is 1. The standard InChI is InChI=1S/C14H21NO/c1-4-5-6-7-12-10(2)8-9-13(15)14(12)11(3)16/h8-9H,4-7,15H2,1-3H3. The summed E-state index contributed by atoms with van der Waals surface area (Å²) in [6.45, 7) is 5.82. The lowest BCUT2D eigenvalue weighted by Gasteiger charge is -2.12. The number of unbranched alkanes of at least 4 members (excludes halogenated alkanes) is 2. The average molecular weight is 219 g/mol. The molecule has 0 aromatic heterocycles. The van der Waals surface area contributed by atoms with Gasteiger partial charge in [-0.2, -0.15) is 0 Å². The number of benzene rings is 1. The smallest absolute Gasteiger partial charge is 0.162 e. The maximum atomic E-state index is 11.6. The van der Waals surface area contributed by atoms with Gasteiger partial charge in [-0.25, -0.2) is 0 Å². The van der Waals surface area contributed by atoms with E-state index in [0.717, 1.165) is 24.0 Å². The molecule has 2 nitrogen and oxygen atoms in total. The van der Waals surface area contributed by atoms with Crippen LogP contribution in [0.5, 0.6) is 0 Å². The van der Waals surface area contributed by atoms with Crippen LogP contribution in [-0.4, -0.2) is 5.78 Å². The summed E-state index contributed by atoms with van der Waals surface area (Å²) in [7, 11) is 0. The van der Waals surface area contributed by atoms with Gasteiger partial charge in [-0.15, -0.1) is 0 Å². The fourth-order valence-electron chi connectivity index (χ4n) is 2.06. The van der Waals surface area contributed by atoms with Gasteiger partial charge in [0.25, 0.3) is 0 Å².